The topological polar surface area (TPSA) is 60.9 Å². The largest absolute Gasteiger partial charge is 0.480 e. The number of carbonyl (C=O) groups is 2. The van der Waals surface area contributed by atoms with Crippen molar-refractivity contribution in [3.8, 4) is 0 Å². The van der Waals surface area contributed by atoms with Crippen LogP contribution in [0.15, 0.2) is 24.3 Å². The van der Waals surface area contributed by atoms with Crippen LogP contribution in [0.25, 0.3) is 0 Å². The Morgan fingerprint density at radius 3 is 2.57 bits per heavy atom. The van der Waals surface area contributed by atoms with E-state index in [-0.39, 0.29) is 12.1 Å². The molecule has 0 aromatic heterocycles. The molecule has 1 aliphatic rings. The van der Waals surface area contributed by atoms with Gasteiger partial charge in [-0.2, -0.15) is 0 Å². The lowest BCUT2D eigenvalue weighted by atomic mass is 10.1. The predicted molar refractivity (Wildman–Crippen MR) is 80.4 cm³/mol. The van der Waals surface area contributed by atoms with Crippen molar-refractivity contribution in [1.82, 2.24) is 9.80 Å². The lowest BCUT2D eigenvalue weighted by molar-refractivity contribution is -0.141. The fraction of sp³-hybridized carbons (Fsp3) is 0.467. The van der Waals surface area contributed by atoms with Gasteiger partial charge in [0.25, 0.3) is 0 Å². The van der Waals surface area contributed by atoms with Gasteiger partial charge in [-0.1, -0.05) is 23.7 Å². The van der Waals surface area contributed by atoms with E-state index < -0.39 is 12.0 Å². The highest BCUT2D eigenvalue weighted by Gasteiger charge is 2.36. The SMILES string of the molecule is CC(c1ccc(Cl)cc1)N(C)C(=O)N1CCC[C@@H]1C(=O)O. The third kappa shape index (κ3) is 3.29. The summed E-state index contributed by atoms with van der Waals surface area (Å²) < 4.78 is 0. The molecule has 0 aliphatic carbocycles. The molecule has 1 aromatic carbocycles. The Morgan fingerprint density at radius 1 is 1.38 bits per heavy atom. The number of nitrogens with zero attached hydrogens (tertiary/aromatic N) is 2. The Balaban J connectivity index is 2.11. The number of urea groups is 1. The molecule has 2 amide bonds. The fourth-order valence-electron chi connectivity index (χ4n) is 2.59. The second-order valence-corrected chi connectivity index (χ2v) is 5.75. The van der Waals surface area contributed by atoms with Crippen molar-refractivity contribution >= 4 is 23.6 Å². The normalized spacial score (nSPS) is 19.4. The summed E-state index contributed by atoms with van der Waals surface area (Å²) in [6, 6.07) is 6.19. The second kappa shape index (κ2) is 6.35. The Bertz CT molecular complexity index is 532. The summed E-state index contributed by atoms with van der Waals surface area (Å²) in [4.78, 5) is 26.7. The molecular formula is C15H19ClN2O3. The van der Waals surface area contributed by atoms with Gasteiger partial charge in [0.15, 0.2) is 0 Å². The number of carboxylic acids is 1. The molecule has 1 unspecified atom stereocenters. The van der Waals surface area contributed by atoms with E-state index >= 15 is 0 Å². The smallest absolute Gasteiger partial charge is 0.326 e. The van der Waals surface area contributed by atoms with Crippen LogP contribution in [0.2, 0.25) is 5.02 Å². The summed E-state index contributed by atoms with van der Waals surface area (Å²) in [5.41, 5.74) is 0.960. The third-order valence-electron chi connectivity index (χ3n) is 4.02. The number of carbonyl (C=O) groups excluding carboxylic acids is 1. The van der Waals surface area contributed by atoms with Crippen LogP contribution >= 0.6 is 11.6 Å². The van der Waals surface area contributed by atoms with Crippen LogP contribution in [-0.4, -0.2) is 46.5 Å². The van der Waals surface area contributed by atoms with Crippen molar-refractivity contribution in [1.29, 1.82) is 0 Å². The molecule has 0 radical (unpaired) electrons. The summed E-state index contributed by atoms with van der Waals surface area (Å²) in [6.45, 7) is 2.40. The molecule has 6 heteroatoms. The van der Waals surface area contributed by atoms with E-state index in [1.165, 1.54) is 4.90 Å². The minimum absolute atomic E-state index is 0.148. The predicted octanol–water partition coefficient (Wildman–Crippen LogP) is 3.00. The van der Waals surface area contributed by atoms with Gasteiger partial charge >= 0.3 is 12.0 Å². The van der Waals surface area contributed by atoms with E-state index in [1.807, 2.05) is 19.1 Å². The standard InChI is InChI=1S/C15H19ClN2O3/c1-10(11-5-7-12(16)8-6-11)17(2)15(21)18-9-3-4-13(18)14(19)20/h5-8,10,13H,3-4,9H2,1-2H3,(H,19,20)/t10?,13-/m1/s1. The van der Waals surface area contributed by atoms with Crippen molar-refractivity contribution in [2.45, 2.75) is 31.8 Å². The van der Waals surface area contributed by atoms with Gasteiger partial charge in [0.2, 0.25) is 0 Å². The van der Waals surface area contributed by atoms with Gasteiger partial charge < -0.3 is 14.9 Å². The van der Waals surface area contributed by atoms with Gasteiger partial charge in [-0.3, -0.25) is 0 Å². The maximum Gasteiger partial charge on any atom is 0.326 e. The Kier molecular flexibility index (Phi) is 4.73. The summed E-state index contributed by atoms with van der Waals surface area (Å²) in [6.07, 6.45) is 1.25. The first kappa shape index (κ1) is 15.6. The van der Waals surface area contributed by atoms with E-state index in [4.69, 9.17) is 11.6 Å². The van der Waals surface area contributed by atoms with Crippen molar-refractivity contribution < 1.29 is 14.7 Å². The zero-order valence-electron chi connectivity index (χ0n) is 12.1. The molecule has 1 saturated heterocycles. The van der Waals surface area contributed by atoms with E-state index in [9.17, 15) is 14.7 Å². The molecule has 1 aromatic rings. The number of benzene rings is 1. The molecule has 1 aliphatic heterocycles. The lowest BCUT2D eigenvalue weighted by Gasteiger charge is -2.31. The van der Waals surface area contributed by atoms with Gasteiger partial charge in [0, 0.05) is 18.6 Å². The third-order valence-corrected chi connectivity index (χ3v) is 4.27. The van der Waals surface area contributed by atoms with Crippen molar-refractivity contribution in [3.63, 3.8) is 0 Å². The monoisotopic (exact) mass is 310 g/mol. The van der Waals surface area contributed by atoms with Gasteiger partial charge in [0.05, 0.1) is 6.04 Å². The maximum atomic E-state index is 12.5. The molecule has 0 spiro atoms. The average molecular weight is 311 g/mol. The molecule has 2 atom stereocenters. The molecule has 5 nitrogen and oxygen atoms in total. The molecule has 1 fully saturated rings. The van der Waals surface area contributed by atoms with Crippen LogP contribution in [0.4, 0.5) is 4.79 Å². The van der Waals surface area contributed by atoms with Gasteiger partial charge in [-0.05, 0) is 37.5 Å². The second-order valence-electron chi connectivity index (χ2n) is 5.31. The molecular weight excluding hydrogens is 292 g/mol. The van der Waals surface area contributed by atoms with E-state index in [0.717, 1.165) is 12.0 Å². The summed E-state index contributed by atoms with van der Waals surface area (Å²) in [5, 5.41) is 9.82. The number of carboxylic acid groups (broad SMARTS) is 1. The number of rotatable bonds is 3. The first-order valence-corrected chi connectivity index (χ1v) is 7.31. The van der Waals surface area contributed by atoms with Crippen LogP contribution in [0.5, 0.6) is 0 Å². The van der Waals surface area contributed by atoms with Crippen LogP contribution < -0.4 is 0 Å². The molecule has 0 bridgehead atoms. The van der Waals surface area contributed by atoms with Gasteiger partial charge in [0.1, 0.15) is 6.04 Å². The average Bonchev–Trinajstić information content (AvgIpc) is 2.95. The van der Waals surface area contributed by atoms with Gasteiger partial charge in [-0.25, -0.2) is 9.59 Å². The minimum Gasteiger partial charge on any atom is -0.480 e. The molecule has 114 valence electrons. The van der Waals surface area contributed by atoms with E-state index in [2.05, 4.69) is 0 Å². The van der Waals surface area contributed by atoms with Crippen LogP contribution in [0.1, 0.15) is 31.4 Å². The Labute approximate surface area is 129 Å². The van der Waals surface area contributed by atoms with Crippen LogP contribution in [0.3, 0.4) is 0 Å². The summed E-state index contributed by atoms with van der Waals surface area (Å²) in [5.74, 6) is -0.937. The maximum absolute atomic E-state index is 12.5. The number of amides is 2. The van der Waals surface area contributed by atoms with Crippen LogP contribution in [0, 0.1) is 0 Å². The Morgan fingerprint density at radius 2 is 2.00 bits per heavy atom. The minimum atomic E-state index is -0.937. The fourth-order valence-corrected chi connectivity index (χ4v) is 2.71. The first-order valence-electron chi connectivity index (χ1n) is 6.93. The molecule has 1 N–H and O–H groups in total. The highest BCUT2D eigenvalue weighted by Crippen LogP contribution is 2.25. The van der Waals surface area contributed by atoms with Crippen molar-refractivity contribution in [2.75, 3.05) is 13.6 Å². The molecule has 1 heterocycles. The quantitative estimate of drug-likeness (QED) is 0.933. The van der Waals surface area contributed by atoms with E-state index in [0.29, 0.717) is 18.0 Å². The summed E-state index contributed by atoms with van der Waals surface area (Å²) >= 11 is 5.86. The van der Waals surface area contributed by atoms with Crippen molar-refractivity contribution in [3.05, 3.63) is 34.9 Å². The highest BCUT2D eigenvalue weighted by molar-refractivity contribution is 6.30. The van der Waals surface area contributed by atoms with Crippen molar-refractivity contribution in [2.24, 2.45) is 0 Å². The summed E-state index contributed by atoms with van der Waals surface area (Å²) in [7, 11) is 1.69. The van der Waals surface area contributed by atoms with E-state index in [1.54, 1.807) is 24.1 Å². The zero-order valence-corrected chi connectivity index (χ0v) is 12.9. The van der Waals surface area contributed by atoms with Gasteiger partial charge in [-0.15, -0.1) is 0 Å². The van der Waals surface area contributed by atoms with Crippen LogP contribution in [-0.2, 0) is 4.79 Å². The zero-order chi connectivity index (χ0) is 15.6. The molecule has 21 heavy (non-hydrogen) atoms. The first-order chi connectivity index (χ1) is 9.91. The Hall–Kier alpha value is -1.75. The number of likely N-dealkylation sites (tertiary alicyclic amines) is 1. The highest BCUT2D eigenvalue weighted by atomic mass is 35.5. The number of halogens is 1. The molecule has 2 rings (SSSR count). The number of hydrogen-bond donors (Lipinski definition) is 1. The molecule has 0 saturated carbocycles. The number of hydrogen-bond acceptors (Lipinski definition) is 2. The lowest BCUT2D eigenvalue weighted by Crippen LogP contribution is -2.47. The number of aliphatic carboxylic acids is 1.